The van der Waals surface area contributed by atoms with Crippen molar-refractivity contribution in [1.29, 1.82) is 0 Å². The Morgan fingerprint density at radius 1 is 1.16 bits per heavy atom. The van der Waals surface area contributed by atoms with Crippen molar-refractivity contribution >= 4 is 16.5 Å². The molecule has 100 valence electrons. The predicted molar refractivity (Wildman–Crippen MR) is 82.9 cm³/mol. The van der Waals surface area contributed by atoms with E-state index in [0.717, 1.165) is 26.1 Å². The highest BCUT2D eigenvalue weighted by molar-refractivity contribution is 5.94. The number of piperazine rings is 1. The van der Waals surface area contributed by atoms with E-state index >= 15 is 0 Å². The molecule has 3 rings (SSSR count). The van der Waals surface area contributed by atoms with Crippen LogP contribution in [0.15, 0.2) is 42.5 Å². The fourth-order valence-corrected chi connectivity index (χ4v) is 2.98. The van der Waals surface area contributed by atoms with E-state index in [1.165, 1.54) is 16.5 Å². The summed E-state index contributed by atoms with van der Waals surface area (Å²) in [6.07, 6.45) is 1.16. The SMILES string of the molecule is CCC1(C)CN(c2cccc3ccccc23)CCN1. The van der Waals surface area contributed by atoms with Gasteiger partial charge in [0.2, 0.25) is 0 Å². The standard InChI is InChI=1S/C17H22N2/c1-3-17(2)13-19(12-11-18-17)16-10-6-8-14-7-4-5-9-15(14)16/h4-10,18H,3,11-13H2,1-2H3. The van der Waals surface area contributed by atoms with E-state index in [9.17, 15) is 0 Å². The Kier molecular flexibility index (Phi) is 3.19. The Morgan fingerprint density at radius 3 is 2.79 bits per heavy atom. The molecular formula is C17H22N2. The lowest BCUT2D eigenvalue weighted by atomic mass is 9.95. The average molecular weight is 254 g/mol. The molecule has 1 aliphatic heterocycles. The van der Waals surface area contributed by atoms with Crippen LogP contribution < -0.4 is 10.2 Å². The third-order valence-corrected chi connectivity index (χ3v) is 4.36. The zero-order valence-corrected chi connectivity index (χ0v) is 11.8. The third-order valence-electron chi connectivity index (χ3n) is 4.36. The average Bonchev–Trinajstić information content (AvgIpc) is 2.47. The van der Waals surface area contributed by atoms with Crippen LogP contribution in [0.3, 0.4) is 0 Å². The van der Waals surface area contributed by atoms with Gasteiger partial charge in [-0.1, -0.05) is 43.3 Å². The Morgan fingerprint density at radius 2 is 1.95 bits per heavy atom. The van der Waals surface area contributed by atoms with Crippen molar-refractivity contribution in [2.24, 2.45) is 0 Å². The Balaban J connectivity index is 2.00. The van der Waals surface area contributed by atoms with Crippen LogP contribution in [-0.2, 0) is 0 Å². The van der Waals surface area contributed by atoms with Gasteiger partial charge in [-0.25, -0.2) is 0 Å². The van der Waals surface area contributed by atoms with Crippen molar-refractivity contribution in [2.75, 3.05) is 24.5 Å². The van der Waals surface area contributed by atoms with Crippen molar-refractivity contribution < 1.29 is 0 Å². The number of rotatable bonds is 2. The molecule has 1 unspecified atom stereocenters. The van der Waals surface area contributed by atoms with Crippen LogP contribution in [0.5, 0.6) is 0 Å². The Bertz CT molecular complexity index is 573. The second kappa shape index (κ2) is 4.86. The van der Waals surface area contributed by atoms with Gasteiger partial charge in [-0.2, -0.15) is 0 Å². The van der Waals surface area contributed by atoms with Crippen molar-refractivity contribution in [1.82, 2.24) is 5.32 Å². The van der Waals surface area contributed by atoms with Crippen molar-refractivity contribution in [2.45, 2.75) is 25.8 Å². The van der Waals surface area contributed by atoms with Crippen LogP contribution in [0.25, 0.3) is 10.8 Å². The Hall–Kier alpha value is -1.54. The van der Waals surface area contributed by atoms with E-state index in [1.807, 2.05) is 0 Å². The third kappa shape index (κ3) is 2.33. The number of nitrogens with one attached hydrogen (secondary N) is 1. The zero-order valence-electron chi connectivity index (χ0n) is 11.8. The van der Waals surface area contributed by atoms with E-state index in [0.29, 0.717) is 0 Å². The normalized spacial score (nSPS) is 23.8. The first-order valence-electron chi connectivity index (χ1n) is 7.20. The van der Waals surface area contributed by atoms with Crippen LogP contribution in [-0.4, -0.2) is 25.2 Å². The summed E-state index contributed by atoms with van der Waals surface area (Å²) in [5, 5.41) is 6.35. The smallest absolute Gasteiger partial charge is 0.0446 e. The number of anilines is 1. The fourth-order valence-electron chi connectivity index (χ4n) is 2.98. The van der Waals surface area contributed by atoms with Crippen LogP contribution in [0.2, 0.25) is 0 Å². The van der Waals surface area contributed by atoms with Gasteiger partial charge in [-0.05, 0) is 24.8 Å². The molecule has 0 amide bonds. The van der Waals surface area contributed by atoms with Crippen LogP contribution in [0, 0.1) is 0 Å². The van der Waals surface area contributed by atoms with Gasteiger partial charge in [0.25, 0.3) is 0 Å². The molecule has 0 aromatic heterocycles. The molecule has 2 aromatic carbocycles. The number of hydrogen-bond acceptors (Lipinski definition) is 2. The first kappa shape index (κ1) is 12.5. The molecule has 19 heavy (non-hydrogen) atoms. The van der Waals surface area contributed by atoms with E-state index < -0.39 is 0 Å². The van der Waals surface area contributed by atoms with Gasteiger partial charge in [0.15, 0.2) is 0 Å². The molecular weight excluding hydrogens is 232 g/mol. The summed E-state index contributed by atoms with van der Waals surface area (Å²) in [4.78, 5) is 2.53. The summed E-state index contributed by atoms with van der Waals surface area (Å²) >= 11 is 0. The van der Waals surface area contributed by atoms with Crippen molar-refractivity contribution in [3.05, 3.63) is 42.5 Å². The maximum absolute atomic E-state index is 3.65. The van der Waals surface area contributed by atoms with Crippen LogP contribution in [0.1, 0.15) is 20.3 Å². The first-order valence-corrected chi connectivity index (χ1v) is 7.20. The van der Waals surface area contributed by atoms with Gasteiger partial charge < -0.3 is 10.2 Å². The number of fused-ring (bicyclic) bond motifs is 1. The van der Waals surface area contributed by atoms with Gasteiger partial charge in [0.1, 0.15) is 0 Å². The lowest BCUT2D eigenvalue weighted by Crippen LogP contribution is -2.58. The highest BCUT2D eigenvalue weighted by Crippen LogP contribution is 2.29. The van der Waals surface area contributed by atoms with Gasteiger partial charge in [-0.3, -0.25) is 0 Å². The van der Waals surface area contributed by atoms with E-state index in [1.54, 1.807) is 0 Å². The minimum absolute atomic E-state index is 0.231. The molecule has 0 radical (unpaired) electrons. The topological polar surface area (TPSA) is 15.3 Å². The number of benzene rings is 2. The van der Waals surface area contributed by atoms with Gasteiger partial charge in [-0.15, -0.1) is 0 Å². The van der Waals surface area contributed by atoms with Crippen LogP contribution >= 0.6 is 0 Å². The van der Waals surface area contributed by atoms with E-state index in [2.05, 4.69) is 66.5 Å². The molecule has 1 saturated heterocycles. The molecule has 2 heteroatoms. The number of hydrogen-bond donors (Lipinski definition) is 1. The second-order valence-electron chi connectivity index (χ2n) is 5.76. The first-order chi connectivity index (χ1) is 9.22. The molecule has 0 spiro atoms. The lowest BCUT2D eigenvalue weighted by Gasteiger charge is -2.42. The summed E-state index contributed by atoms with van der Waals surface area (Å²) < 4.78 is 0. The summed E-state index contributed by atoms with van der Waals surface area (Å²) in [7, 11) is 0. The van der Waals surface area contributed by atoms with Crippen LogP contribution in [0.4, 0.5) is 5.69 Å². The zero-order chi connectivity index (χ0) is 13.3. The summed E-state index contributed by atoms with van der Waals surface area (Å²) in [6, 6.07) is 15.3. The van der Waals surface area contributed by atoms with E-state index in [4.69, 9.17) is 0 Å². The Labute approximate surface area is 115 Å². The molecule has 0 bridgehead atoms. The van der Waals surface area contributed by atoms with Crippen molar-refractivity contribution in [3.63, 3.8) is 0 Å². The van der Waals surface area contributed by atoms with Crippen molar-refractivity contribution in [3.8, 4) is 0 Å². The molecule has 1 heterocycles. The van der Waals surface area contributed by atoms with E-state index in [-0.39, 0.29) is 5.54 Å². The molecule has 1 fully saturated rings. The van der Waals surface area contributed by atoms with Gasteiger partial charge >= 0.3 is 0 Å². The highest BCUT2D eigenvalue weighted by Gasteiger charge is 2.29. The predicted octanol–water partition coefficient (Wildman–Crippen LogP) is 3.42. The quantitative estimate of drug-likeness (QED) is 0.883. The monoisotopic (exact) mass is 254 g/mol. The molecule has 1 aliphatic rings. The minimum atomic E-state index is 0.231. The van der Waals surface area contributed by atoms with Gasteiger partial charge in [0, 0.05) is 36.2 Å². The molecule has 2 aromatic rings. The molecule has 2 nitrogen and oxygen atoms in total. The minimum Gasteiger partial charge on any atom is -0.368 e. The highest BCUT2D eigenvalue weighted by atomic mass is 15.2. The fraction of sp³-hybridized carbons (Fsp3) is 0.412. The maximum atomic E-state index is 3.65. The summed E-state index contributed by atoms with van der Waals surface area (Å²) in [5.74, 6) is 0. The molecule has 0 saturated carbocycles. The second-order valence-corrected chi connectivity index (χ2v) is 5.76. The maximum Gasteiger partial charge on any atom is 0.0446 e. The lowest BCUT2D eigenvalue weighted by molar-refractivity contribution is 0.314. The molecule has 1 atom stereocenters. The summed E-state index contributed by atoms with van der Waals surface area (Å²) in [5.41, 5.74) is 1.61. The molecule has 1 N–H and O–H groups in total. The largest absolute Gasteiger partial charge is 0.368 e. The summed E-state index contributed by atoms with van der Waals surface area (Å²) in [6.45, 7) is 7.82. The number of nitrogens with zero attached hydrogens (tertiary/aromatic N) is 1. The van der Waals surface area contributed by atoms with Gasteiger partial charge in [0.05, 0.1) is 0 Å². The molecule has 0 aliphatic carbocycles.